The van der Waals surface area contributed by atoms with E-state index < -0.39 is 5.97 Å². The molecular weight excluding hydrogens is 448 g/mol. The molecule has 0 aromatic carbocycles. The minimum atomic E-state index is -0.733. The fraction of sp³-hybridized carbons (Fsp3) is 0.875. The van der Waals surface area contributed by atoms with Crippen molar-refractivity contribution in [3.05, 3.63) is 12.2 Å². The normalized spacial score (nSPS) is 12.3. The van der Waals surface area contributed by atoms with Gasteiger partial charge in [0.15, 0.2) is 0 Å². The molecule has 0 saturated carbocycles. The number of unbranched alkanes of at least 4 members (excludes halogenated alkanes) is 17. The summed E-state index contributed by atoms with van der Waals surface area (Å²) in [6, 6.07) is 0. The van der Waals surface area contributed by atoms with Gasteiger partial charge in [-0.25, -0.2) is 0 Å². The van der Waals surface area contributed by atoms with Gasteiger partial charge >= 0.3 is 11.9 Å². The van der Waals surface area contributed by atoms with Crippen LogP contribution in [0, 0.1) is 0 Å². The topological polar surface area (TPSA) is 63.6 Å². The third-order valence-corrected chi connectivity index (χ3v) is 6.97. The maximum absolute atomic E-state index is 12.2. The lowest BCUT2D eigenvalue weighted by molar-refractivity contribution is -0.150. The zero-order chi connectivity index (χ0) is 26.5. The molecule has 0 heterocycles. The number of aliphatic carboxylic acids is 1. The van der Waals surface area contributed by atoms with Crippen molar-refractivity contribution in [2.45, 2.75) is 180 Å². The predicted molar refractivity (Wildman–Crippen MR) is 153 cm³/mol. The Kier molecular flexibility index (Phi) is 27.2. The zero-order valence-corrected chi connectivity index (χ0v) is 24.1. The lowest BCUT2D eigenvalue weighted by atomic mass is 10.0. The van der Waals surface area contributed by atoms with Crippen molar-refractivity contribution in [3.63, 3.8) is 0 Å². The Morgan fingerprint density at radius 2 is 1.06 bits per heavy atom. The van der Waals surface area contributed by atoms with Gasteiger partial charge in [0.1, 0.15) is 6.10 Å². The number of carbonyl (C=O) groups excluding carboxylic acids is 1. The molecule has 1 N–H and O–H groups in total. The van der Waals surface area contributed by atoms with Gasteiger partial charge < -0.3 is 9.84 Å². The summed E-state index contributed by atoms with van der Waals surface area (Å²) in [5.41, 5.74) is 0. The first-order valence-corrected chi connectivity index (χ1v) is 15.7. The van der Waals surface area contributed by atoms with E-state index in [1.54, 1.807) is 0 Å². The summed E-state index contributed by atoms with van der Waals surface area (Å²) in [5.74, 6) is -0.788. The van der Waals surface area contributed by atoms with Crippen molar-refractivity contribution < 1.29 is 19.4 Å². The molecule has 0 rings (SSSR count). The van der Waals surface area contributed by atoms with E-state index in [1.165, 1.54) is 96.3 Å². The summed E-state index contributed by atoms with van der Waals surface area (Å²) in [4.78, 5) is 22.8. The minimum Gasteiger partial charge on any atom is -0.481 e. The van der Waals surface area contributed by atoms with Crippen LogP contribution in [-0.2, 0) is 14.3 Å². The SMILES string of the molecule is CCCCCCCC/C=C\CCCCCCCCCCCC(=O)OC(CCC)CCCCCC(=O)O. The predicted octanol–water partition coefficient (Wildman–Crippen LogP) is 10.3. The molecule has 4 nitrogen and oxygen atoms in total. The molecular formula is C32H60O4. The fourth-order valence-corrected chi connectivity index (χ4v) is 4.70. The van der Waals surface area contributed by atoms with Gasteiger partial charge in [-0.3, -0.25) is 9.59 Å². The van der Waals surface area contributed by atoms with Crippen molar-refractivity contribution in [3.8, 4) is 0 Å². The molecule has 0 radical (unpaired) electrons. The van der Waals surface area contributed by atoms with E-state index in [2.05, 4.69) is 26.0 Å². The number of rotatable bonds is 28. The van der Waals surface area contributed by atoms with E-state index >= 15 is 0 Å². The molecule has 4 heteroatoms. The van der Waals surface area contributed by atoms with Crippen LogP contribution in [0.2, 0.25) is 0 Å². The second-order valence-electron chi connectivity index (χ2n) is 10.6. The van der Waals surface area contributed by atoms with E-state index in [9.17, 15) is 9.59 Å². The molecule has 0 amide bonds. The standard InChI is InChI=1S/C32H60O4/c1-3-5-6-7-8-9-10-11-12-13-14-15-16-17-18-19-20-21-25-29-32(35)36-30(26-4-2)27-23-22-24-28-31(33)34/h11-12,30H,3-10,13-29H2,1-2H3,(H,33,34)/b12-11-. The average Bonchev–Trinajstić information content (AvgIpc) is 2.85. The highest BCUT2D eigenvalue weighted by atomic mass is 16.5. The molecule has 0 aliphatic carbocycles. The maximum atomic E-state index is 12.2. The summed E-state index contributed by atoms with van der Waals surface area (Å²) in [6.07, 6.45) is 32.9. The molecule has 0 aliphatic rings. The quantitative estimate of drug-likeness (QED) is 0.0648. The lowest BCUT2D eigenvalue weighted by Crippen LogP contribution is -2.18. The van der Waals surface area contributed by atoms with Gasteiger partial charge in [0, 0.05) is 12.8 Å². The third-order valence-electron chi connectivity index (χ3n) is 6.97. The highest BCUT2D eigenvalue weighted by Gasteiger charge is 2.13. The van der Waals surface area contributed by atoms with Crippen LogP contribution in [-0.4, -0.2) is 23.1 Å². The van der Waals surface area contributed by atoms with Crippen LogP contribution in [0.3, 0.4) is 0 Å². The van der Waals surface area contributed by atoms with E-state index in [0.717, 1.165) is 44.9 Å². The van der Waals surface area contributed by atoms with E-state index in [0.29, 0.717) is 12.8 Å². The molecule has 0 aromatic heterocycles. The smallest absolute Gasteiger partial charge is 0.306 e. The first-order valence-electron chi connectivity index (χ1n) is 15.7. The summed E-state index contributed by atoms with van der Waals surface area (Å²) >= 11 is 0. The van der Waals surface area contributed by atoms with Gasteiger partial charge in [-0.1, -0.05) is 116 Å². The molecule has 0 saturated heterocycles. The Morgan fingerprint density at radius 3 is 1.58 bits per heavy atom. The Bertz CT molecular complexity index is 514. The van der Waals surface area contributed by atoms with Crippen LogP contribution >= 0.6 is 0 Å². The Balaban J connectivity index is 3.47. The second kappa shape index (κ2) is 28.3. The molecule has 1 atom stereocenters. The number of hydrogen-bond donors (Lipinski definition) is 1. The Hall–Kier alpha value is -1.32. The highest BCUT2D eigenvalue weighted by Crippen LogP contribution is 2.16. The molecule has 212 valence electrons. The number of carboxylic acids is 1. The second-order valence-corrected chi connectivity index (χ2v) is 10.6. The highest BCUT2D eigenvalue weighted by molar-refractivity contribution is 5.69. The fourth-order valence-electron chi connectivity index (χ4n) is 4.70. The van der Waals surface area contributed by atoms with Crippen molar-refractivity contribution in [1.82, 2.24) is 0 Å². The van der Waals surface area contributed by atoms with Crippen LogP contribution in [0.25, 0.3) is 0 Å². The van der Waals surface area contributed by atoms with Crippen molar-refractivity contribution in [2.75, 3.05) is 0 Å². The Labute approximate surface area is 224 Å². The lowest BCUT2D eigenvalue weighted by Gasteiger charge is -2.17. The number of ether oxygens (including phenoxy) is 1. The van der Waals surface area contributed by atoms with Crippen LogP contribution < -0.4 is 0 Å². The number of carboxylic acid groups (broad SMARTS) is 1. The monoisotopic (exact) mass is 508 g/mol. The minimum absolute atomic E-state index is 0.00291. The average molecular weight is 509 g/mol. The summed E-state index contributed by atoms with van der Waals surface area (Å²) in [7, 11) is 0. The maximum Gasteiger partial charge on any atom is 0.306 e. The van der Waals surface area contributed by atoms with E-state index in [-0.39, 0.29) is 18.5 Å². The van der Waals surface area contributed by atoms with Crippen LogP contribution in [0.5, 0.6) is 0 Å². The zero-order valence-electron chi connectivity index (χ0n) is 24.1. The van der Waals surface area contributed by atoms with Gasteiger partial charge in [-0.05, 0) is 57.8 Å². The van der Waals surface area contributed by atoms with Gasteiger partial charge in [-0.15, -0.1) is 0 Å². The molecule has 0 spiro atoms. The molecule has 0 fully saturated rings. The number of esters is 1. The number of carbonyl (C=O) groups is 2. The molecule has 0 bridgehead atoms. The van der Waals surface area contributed by atoms with Crippen LogP contribution in [0.4, 0.5) is 0 Å². The van der Waals surface area contributed by atoms with Gasteiger partial charge in [-0.2, -0.15) is 0 Å². The first-order chi connectivity index (χ1) is 17.6. The summed E-state index contributed by atoms with van der Waals surface area (Å²) in [6.45, 7) is 4.39. The van der Waals surface area contributed by atoms with Gasteiger partial charge in [0.05, 0.1) is 0 Å². The Morgan fingerprint density at radius 1 is 0.583 bits per heavy atom. The van der Waals surface area contributed by atoms with E-state index in [4.69, 9.17) is 9.84 Å². The third kappa shape index (κ3) is 27.3. The van der Waals surface area contributed by atoms with Crippen molar-refractivity contribution in [2.24, 2.45) is 0 Å². The molecule has 0 aliphatic heterocycles. The molecule has 0 aromatic rings. The molecule has 36 heavy (non-hydrogen) atoms. The number of allylic oxidation sites excluding steroid dienone is 2. The van der Waals surface area contributed by atoms with E-state index in [1.807, 2.05) is 0 Å². The molecule has 1 unspecified atom stereocenters. The summed E-state index contributed by atoms with van der Waals surface area (Å²) < 4.78 is 5.70. The van der Waals surface area contributed by atoms with Crippen LogP contribution in [0.15, 0.2) is 12.2 Å². The van der Waals surface area contributed by atoms with Gasteiger partial charge in [0.2, 0.25) is 0 Å². The van der Waals surface area contributed by atoms with Crippen LogP contribution in [0.1, 0.15) is 174 Å². The van der Waals surface area contributed by atoms with Crippen molar-refractivity contribution >= 4 is 11.9 Å². The first kappa shape index (κ1) is 34.7. The van der Waals surface area contributed by atoms with Gasteiger partial charge in [0.25, 0.3) is 0 Å². The summed E-state index contributed by atoms with van der Waals surface area (Å²) in [5, 5.41) is 8.71. The number of hydrogen-bond acceptors (Lipinski definition) is 3. The van der Waals surface area contributed by atoms with Crippen molar-refractivity contribution in [1.29, 1.82) is 0 Å². The largest absolute Gasteiger partial charge is 0.481 e.